The van der Waals surface area contributed by atoms with E-state index in [1.165, 1.54) is 37.1 Å². The summed E-state index contributed by atoms with van der Waals surface area (Å²) in [6.45, 7) is 10.3. The van der Waals surface area contributed by atoms with E-state index < -0.39 is 0 Å². The van der Waals surface area contributed by atoms with Gasteiger partial charge in [0.05, 0.1) is 0 Å². The molecule has 2 heteroatoms. The molecular formula is C16H26N2. The lowest BCUT2D eigenvalue weighted by Gasteiger charge is -2.15. The summed E-state index contributed by atoms with van der Waals surface area (Å²) < 4.78 is 0. The van der Waals surface area contributed by atoms with Crippen LogP contribution in [0.25, 0.3) is 0 Å². The molecule has 1 aliphatic heterocycles. The van der Waals surface area contributed by atoms with Crippen molar-refractivity contribution in [1.29, 1.82) is 0 Å². The van der Waals surface area contributed by atoms with Gasteiger partial charge in [-0.2, -0.15) is 0 Å². The van der Waals surface area contributed by atoms with Crippen LogP contribution in [0.4, 0.5) is 0 Å². The fourth-order valence-electron chi connectivity index (χ4n) is 2.60. The number of hydrogen-bond acceptors (Lipinski definition) is 2. The highest BCUT2D eigenvalue weighted by Crippen LogP contribution is 2.17. The van der Waals surface area contributed by atoms with Crippen LogP contribution in [-0.2, 0) is 13.1 Å². The van der Waals surface area contributed by atoms with E-state index in [0.717, 1.165) is 25.6 Å². The van der Waals surface area contributed by atoms with Gasteiger partial charge in [-0.05, 0) is 43.0 Å². The lowest BCUT2D eigenvalue weighted by Crippen LogP contribution is -2.19. The Morgan fingerprint density at radius 3 is 2.56 bits per heavy atom. The first kappa shape index (κ1) is 13.6. The number of rotatable bonds is 6. The average molecular weight is 246 g/mol. The number of hydrogen-bond donors (Lipinski definition) is 1. The molecule has 0 amide bonds. The average Bonchev–Trinajstić information content (AvgIpc) is 2.77. The summed E-state index contributed by atoms with van der Waals surface area (Å²) in [5.74, 6) is 0.877. The van der Waals surface area contributed by atoms with Crippen LogP contribution >= 0.6 is 0 Å². The second-order valence-electron chi connectivity index (χ2n) is 5.62. The summed E-state index contributed by atoms with van der Waals surface area (Å²) >= 11 is 0. The highest BCUT2D eigenvalue weighted by Gasteiger charge is 2.18. The van der Waals surface area contributed by atoms with Gasteiger partial charge < -0.3 is 5.32 Å². The summed E-state index contributed by atoms with van der Waals surface area (Å²) in [6.07, 6.45) is 2.56. The van der Waals surface area contributed by atoms with Crippen molar-refractivity contribution in [2.24, 2.45) is 5.92 Å². The molecule has 1 heterocycles. The second-order valence-corrected chi connectivity index (χ2v) is 5.62. The van der Waals surface area contributed by atoms with Crippen LogP contribution in [0.1, 0.15) is 37.8 Å². The molecule has 1 unspecified atom stereocenters. The molecule has 1 saturated heterocycles. The molecule has 0 saturated carbocycles. The molecule has 1 aliphatic rings. The van der Waals surface area contributed by atoms with Crippen molar-refractivity contribution in [3.63, 3.8) is 0 Å². The third kappa shape index (κ3) is 4.11. The SMILES string of the molecule is CCCNCc1ccc(CN2CCC(C)C2)cc1. The molecular weight excluding hydrogens is 220 g/mol. The predicted octanol–water partition coefficient (Wildman–Crippen LogP) is 3.03. The quantitative estimate of drug-likeness (QED) is 0.776. The third-order valence-electron chi connectivity index (χ3n) is 3.69. The fraction of sp³-hybridized carbons (Fsp3) is 0.625. The second kappa shape index (κ2) is 6.91. The zero-order valence-electron chi connectivity index (χ0n) is 11.8. The van der Waals surface area contributed by atoms with Crippen molar-refractivity contribution in [2.45, 2.75) is 39.8 Å². The van der Waals surface area contributed by atoms with Crippen LogP contribution in [0.2, 0.25) is 0 Å². The summed E-state index contributed by atoms with van der Waals surface area (Å²) in [5, 5.41) is 3.44. The maximum atomic E-state index is 3.44. The number of nitrogens with zero attached hydrogens (tertiary/aromatic N) is 1. The van der Waals surface area contributed by atoms with Gasteiger partial charge in [-0.15, -0.1) is 0 Å². The van der Waals surface area contributed by atoms with Crippen LogP contribution in [0.15, 0.2) is 24.3 Å². The number of benzene rings is 1. The molecule has 18 heavy (non-hydrogen) atoms. The van der Waals surface area contributed by atoms with E-state index in [-0.39, 0.29) is 0 Å². The Bertz CT molecular complexity index is 345. The Balaban J connectivity index is 1.80. The van der Waals surface area contributed by atoms with E-state index in [1.54, 1.807) is 0 Å². The van der Waals surface area contributed by atoms with Crippen molar-refractivity contribution in [3.8, 4) is 0 Å². The van der Waals surface area contributed by atoms with Gasteiger partial charge in [-0.3, -0.25) is 4.90 Å². The third-order valence-corrected chi connectivity index (χ3v) is 3.69. The minimum absolute atomic E-state index is 0.877. The smallest absolute Gasteiger partial charge is 0.0233 e. The van der Waals surface area contributed by atoms with Gasteiger partial charge in [0.15, 0.2) is 0 Å². The molecule has 0 radical (unpaired) electrons. The van der Waals surface area contributed by atoms with Crippen molar-refractivity contribution in [3.05, 3.63) is 35.4 Å². The molecule has 2 nitrogen and oxygen atoms in total. The van der Waals surface area contributed by atoms with Crippen LogP contribution in [0.5, 0.6) is 0 Å². The van der Waals surface area contributed by atoms with Crippen molar-refractivity contribution in [2.75, 3.05) is 19.6 Å². The number of nitrogens with one attached hydrogen (secondary N) is 1. The first-order chi connectivity index (χ1) is 8.78. The van der Waals surface area contributed by atoms with E-state index in [1.807, 2.05) is 0 Å². The lowest BCUT2D eigenvalue weighted by atomic mass is 10.1. The van der Waals surface area contributed by atoms with Gasteiger partial charge in [-0.1, -0.05) is 38.1 Å². The van der Waals surface area contributed by atoms with E-state index in [0.29, 0.717) is 0 Å². The van der Waals surface area contributed by atoms with Gasteiger partial charge in [-0.25, -0.2) is 0 Å². The van der Waals surface area contributed by atoms with Crippen LogP contribution < -0.4 is 5.32 Å². The predicted molar refractivity (Wildman–Crippen MR) is 77.5 cm³/mol. The normalized spacial score (nSPS) is 20.4. The molecule has 0 spiro atoms. The van der Waals surface area contributed by atoms with Gasteiger partial charge in [0, 0.05) is 19.6 Å². The van der Waals surface area contributed by atoms with Gasteiger partial charge in [0.25, 0.3) is 0 Å². The molecule has 1 aromatic rings. The van der Waals surface area contributed by atoms with Gasteiger partial charge in [0.1, 0.15) is 0 Å². The molecule has 0 aromatic heterocycles. The Labute approximate surface area is 111 Å². The molecule has 1 aromatic carbocycles. The maximum Gasteiger partial charge on any atom is 0.0233 e. The lowest BCUT2D eigenvalue weighted by molar-refractivity contribution is 0.320. The first-order valence-electron chi connectivity index (χ1n) is 7.29. The molecule has 0 aliphatic carbocycles. The summed E-state index contributed by atoms with van der Waals surface area (Å²) in [5.41, 5.74) is 2.84. The molecule has 2 rings (SSSR count). The standard InChI is InChI=1S/C16H26N2/c1-3-9-17-11-15-4-6-16(7-5-15)13-18-10-8-14(2)12-18/h4-7,14,17H,3,8-13H2,1-2H3. The van der Waals surface area contributed by atoms with Crippen LogP contribution in [-0.4, -0.2) is 24.5 Å². The largest absolute Gasteiger partial charge is 0.313 e. The van der Waals surface area contributed by atoms with E-state index in [9.17, 15) is 0 Å². The minimum Gasteiger partial charge on any atom is -0.313 e. The summed E-state index contributed by atoms with van der Waals surface area (Å²) in [6, 6.07) is 9.09. The fourth-order valence-corrected chi connectivity index (χ4v) is 2.60. The zero-order chi connectivity index (χ0) is 12.8. The van der Waals surface area contributed by atoms with Crippen molar-refractivity contribution >= 4 is 0 Å². The van der Waals surface area contributed by atoms with Gasteiger partial charge in [0.2, 0.25) is 0 Å². The highest BCUT2D eigenvalue weighted by molar-refractivity contribution is 5.22. The molecule has 1 fully saturated rings. The summed E-state index contributed by atoms with van der Waals surface area (Å²) in [4.78, 5) is 2.56. The van der Waals surface area contributed by atoms with E-state index in [2.05, 4.69) is 48.3 Å². The van der Waals surface area contributed by atoms with Crippen LogP contribution in [0.3, 0.4) is 0 Å². The Morgan fingerprint density at radius 2 is 1.94 bits per heavy atom. The first-order valence-corrected chi connectivity index (χ1v) is 7.29. The van der Waals surface area contributed by atoms with Crippen molar-refractivity contribution < 1.29 is 0 Å². The monoisotopic (exact) mass is 246 g/mol. The molecule has 1 atom stereocenters. The van der Waals surface area contributed by atoms with Crippen molar-refractivity contribution in [1.82, 2.24) is 10.2 Å². The van der Waals surface area contributed by atoms with Crippen LogP contribution in [0, 0.1) is 5.92 Å². The van der Waals surface area contributed by atoms with E-state index in [4.69, 9.17) is 0 Å². The highest BCUT2D eigenvalue weighted by atomic mass is 15.1. The molecule has 100 valence electrons. The Kier molecular flexibility index (Phi) is 5.21. The zero-order valence-corrected chi connectivity index (χ0v) is 11.8. The molecule has 0 bridgehead atoms. The Morgan fingerprint density at radius 1 is 1.22 bits per heavy atom. The minimum atomic E-state index is 0.877. The van der Waals surface area contributed by atoms with Gasteiger partial charge >= 0.3 is 0 Å². The topological polar surface area (TPSA) is 15.3 Å². The maximum absolute atomic E-state index is 3.44. The Hall–Kier alpha value is -0.860. The molecule has 1 N–H and O–H groups in total. The number of likely N-dealkylation sites (tertiary alicyclic amines) is 1. The van der Waals surface area contributed by atoms with E-state index >= 15 is 0 Å². The summed E-state index contributed by atoms with van der Waals surface area (Å²) in [7, 11) is 0.